The molecule has 0 saturated carbocycles. The Morgan fingerprint density at radius 3 is 2.31 bits per heavy atom. The van der Waals surface area contributed by atoms with Gasteiger partial charge < -0.3 is 24.2 Å². The molecule has 2 aromatic carbocycles. The number of nitrogens with zero attached hydrogens (tertiary/aromatic N) is 3. The molecule has 1 aliphatic heterocycles. The summed E-state index contributed by atoms with van der Waals surface area (Å²) in [7, 11) is 8.10. The van der Waals surface area contributed by atoms with Crippen LogP contribution in [0, 0.1) is 5.92 Å². The highest BCUT2D eigenvalue weighted by Crippen LogP contribution is 2.20. The average Bonchev–Trinajstić information content (AvgIpc) is 2.79. The van der Waals surface area contributed by atoms with Gasteiger partial charge in [-0.1, -0.05) is 24.3 Å². The minimum Gasteiger partial charge on any atom is -0.497 e. The van der Waals surface area contributed by atoms with E-state index in [-0.39, 0.29) is 0 Å². The van der Waals surface area contributed by atoms with Crippen LogP contribution in [0.5, 0.6) is 11.5 Å². The predicted octanol–water partition coefficient (Wildman–Crippen LogP) is 4.02. The quantitative estimate of drug-likeness (QED) is 0.498. The third-order valence-corrected chi connectivity index (χ3v) is 6.23. The van der Waals surface area contributed by atoms with Crippen molar-refractivity contribution in [1.29, 1.82) is 0 Å². The molecule has 0 aliphatic carbocycles. The summed E-state index contributed by atoms with van der Waals surface area (Å²) >= 11 is 0. The third kappa shape index (κ3) is 8.45. The van der Waals surface area contributed by atoms with Crippen molar-refractivity contribution in [3.05, 3.63) is 59.7 Å². The molecule has 0 aromatic heterocycles. The molecule has 0 unspecified atom stereocenters. The molecule has 5 nitrogen and oxygen atoms in total. The zero-order chi connectivity index (χ0) is 22.8. The van der Waals surface area contributed by atoms with E-state index in [0.29, 0.717) is 0 Å². The molecular formula is C27H41N3O2. The molecule has 1 fully saturated rings. The monoisotopic (exact) mass is 439 g/mol. The first-order valence-corrected chi connectivity index (χ1v) is 11.9. The van der Waals surface area contributed by atoms with Gasteiger partial charge in [-0.25, -0.2) is 0 Å². The minimum absolute atomic E-state index is 0.725. The van der Waals surface area contributed by atoms with Crippen molar-refractivity contribution in [2.45, 2.75) is 25.8 Å². The van der Waals surface area contributed by atoms with E-state index >= 15 is 0 Å². The van der Waals surface area contributed by atoms with Crippen LogP contribution in [-0.4, -0.2) is 82.3 Å². The standard InChI is InChI=1S/C27H41N3O2/c1-28(2)18-19-32-27-13-9-24(10-14-27)20-29(3)21-25-6-5-16-30(22-25)17-15-23-7-11-26(31-4)12-8-23/h7-14,25H,5-6,15-22H2,1-4H3/t25-/m1/s1. The van der Waals surface area contributed by atoms with Crippen LogP contribution in [0.25, 0.3) is 0 Å². The van der Waals surface area contributed by atoms with Crippen LogP contribution < -0.4 is 9.47 Å². The Bertz CT molecular complexity index is 776. The third-order valence-electron chi connectivity index (χ3n) is 6.23. The average molecular weight is 440 g/mol. The summed E-state index contributed by atoms with van der Waals surface area (Å²) in [6, 6.07) is 17.1. The first kappa shape index (κ1) is 24.6. The maximum atomic E-state index is 5.81. The topological polar surface area (TPSA) is 28.2 Å². The van der Waals surface area contributed by atoms with Crippen molar-refractivity contribution in [3.63, 3.8) is 0 Å². The Morgan fingerprint density at radius 2 is 1.62 bits per heavy atom. The Hall–Kier alpha value is -2.08. The van der Waals surface area contributed by atoms with Crippen molar-refractivity contribution in [2.24, 2.45) is 5.92 Å². The zero-order valence-corrected chi connectivity index (χ0v) is 20.4. The van der Waals surface area contributed by atoms with E-state index in [2.05, 4.69) is 84.4 Å². The van der Waals surface area contributed by atoms with Crippen molar-refractivity contribution in [3.8, 4) is 11.5 Å². The summed E-state index contributed by atoms with van der Waals surface area (Å²) in [4.78, 5) is 7.25. The molecule has 2 aromatic rings. The van der Waals surface area contributed by atoms with E-state index in [1.807, 2.05) is 0 Å². The van der Waals surface area contributed by atoms with Gasteiger partial charge in [-0.3, -0.25) is 0 Å². The Morgan fingerprint density at radius 1 is 0.938 bits per heavy atom. The van der Waals surface area contributed by atoms with Crippen LogP contribution in [0.15, 0.2) is 48.5 Å². The lowest BCUT2D eigenvalue weighted by molar-refractivity contribution is 0.142. The molecule has 176 valence electrons. The van der Waals surface area contributed by atoms with E-state index in [9.17, 15) is 0 Å². The van der Waals surface area contributed by atoms with E-state index in [4.69, 9.17) is 9.47 Å². The molecule has 1 atom stereocenters. The fourth-order valence-corrected chi connectivity index (χ4v) is 4.44. The molecule has 1 heterocycles. The van der Waals surface area contributed by atoms with Gasteiger partial charge in [0.15, 0.2) is 0 Å². The highest BCUT2D eigenvalue weighted by Gasteiger charge is 2.21. The number of ether oxygens (including phenoxy) is 2. The fraction of sp³-hybridized carbons (Fsp3) is 0.556. The van der Waals surface area contributed by atoms with Crippen molar-refractivity contribution in [1.82, 2.24) is 14.7 Å². The summed E-state index contributed by atoms with van der Waals surface area (Å²) in [5.74, 6) is 2.64. The molecule has 0 radical (unpaired) electrons. The number of rotatable bonds is 12. The molecule has 32 heavy (non-hydrogen) atoms. The van der Waals surface area contributed by atoms with Gasteiger partial charge in [0, 0.05) is 32.7 Å². The summed E-state index contributed by atoms with van der Waals surface area (Å²) in [6.45, 7) is 7.37. The van der Waals surface area contributed by atoms with Gasteiger partial charge in [0.2, 0.25) is 0 Å². The molecule has 0 bridgehead atoms. The fourth-order valence-electron chi connectivity index (χ4n) is 4.44. The normalized spacial score (nSPS) is 17.1. The van der Waals surface area contributed by atoms with Crippen molar-refractivity contribution >= 4 is 0 Å². The van der Waals surface area contributed by atoms with Gasteiger partial charge in [0.25, 0.3) is 0 Å². The lowest BCUT2D eigenvalue weighted by Crippen LogP contribution is -2.40. The predicted molar refractivity (Wildman–Crippen MR) is 133 cm³/mol. The molecule has 0 N–H and O–H groups in total. The second kappa shape index (κ2) is 12.8. The molecule has 1 aliphatic rings. The van der Waals surface area contributed by atoms with Crippen LogP contribution in [0.1, 0.15) is 24.0 Å². The summed E-state index contributed by atoms with van der Waals surface area (Å²) in [5.41, 5.74) is 2.74. The van der Waals surface area contributed by atoms with E-state index in [1.165, 1.54) is 37.1 Å². The number of hydrogen-bond donors (Lipinski definition) is 0. The van der Waals surface area contributed by atoms with Gasteiger partial charge in [-0.05, 0) is 88.3 Å². The maximum Gasteiger partial charge on any atom is 0.119 e. The second-order valence-electron chi connectivity index (χ2n) is 9.40. The van der Waals surface area contributed by atoms with Crippen LogP contribution >= 0.6 is 0 Å². The van der Waals surface area contributed by atoms with Crippen molar-refractivity contribution in [2.75, 3.05) is 67.6 Å². The van der Waals surface area contributed by atoms with Crippen LogP contribution in [0.3, 0.4) is 0 Å². The largest absolute Gasteiger partial charge is 0.497 e. The number of piperidine rings is 1. The highest BCUT2D eigenvalue weighted by molar-refractivity contribution is 5.28. The smallest absolute Gasteiger partial charge is 0.119 e. The number of methoxy groups -OCH3 is 1. The summed E-state index contributed by atoms with van der Waals surface area (Å²) in [6.07, 6.45) is 3.75. The van der Waals surface area contributed by atoms with E-state index < -0.39 is 0 Å². The van der Waals surface area contributed by atoms with Crippen LogP contribution in [0.2, 0.25) is 0 Å². The number of hydrogen-bond acceptors (Lipinski definition) is 5. The zero-order valence-electron chi connectivity index (χ0n) is 20.4. The second-order valence-corrected chi connectivity index (χ2v) is 9.40. The molecular weight excluding hydrogens is 398 g/mol. The van der Waals surface area contributed by atoms with Crippen molar-refractivity contribution < 1.29 is 9.47 Å². The summed E-state index contributed by atoms with van der Waals surface area (Å²) < 4.78 is 11.1. The number of benzene rings is 2. The van der Waals surface area contributed by atoms with Gasteiger partial charge >= 0.3 is 0 Å². The minimum atomic E-state index is 0.725. The van der Waals surface area contributed by atoms with E-state index in [0.717, 1.165) is 56.6 Å². The van der Waals surface area contributed by atoms with Crippen LogP contribution in [-0.2, 0) is 13.0 Å². The van der Waals surface area contributed by atoms with Gasteiger partial charge in [0.1, 0.15) is 18.1 Å². The van der Waals surface area contributed by atoms with Gasteiger partial charge in [-0.15, -0.1) is 0 Å². The van der Waals surface area contributed by atoms with E-state index in [1.54, 1.807) is 7.11 Å². The Balaban J connectivity index is 1.39. The lowest BCUT2D eigenvalue weighted by Gasteiger charge is -2.34. The molecule has 0 spiro atoms. The van der Waals surface area contributed by atoms with Gasteiger partial charge in [0.05, 0.1) is 7.11 Å². The number of likely N-dealkylation sites (N-methyl/N-ethyl adjacent to an activating group) is 1. The molecule has 1 saturated heterocycles. The molecule has 5 heteroatoms. The maximum absolute atomic E-state index is 5.81. The molecule has 3 rings (SSSR count). The first-order valence-electron chi connectivity index (χ1n) is 11.9. The molecule has 0 amide bonds. The summed E-state index contributed by atoms with van der Waals surface area (Å²) in [5, 5.41) is 0. The first-order chi connectivity index (χ1) is 15.5. The lowest BCUT2D eigenvalue weighted by atomic mass is 9.97. The van der Waals surface area contributed by atoms with Gasteiger partial charge in [-0.2, -0.15) is 0 Å². The SMILES string of the molecule is COc1ccc(CCN2CCC[C@H](CN(C)Cc3ccc(OCCN(C)C)cc3)C2)cc1. The highest BCUT2D eigenvalue weighted by atomic mass is 16.5. The van der Waals surface area contributed by atoms with Crippen LogP contribution in [0.4, 0.5) is 0 Å². The Kier molecular flexibility index (Phi) is 9.85. The Labute approximate surface area is 194 Å². The number of likely N-dealkylation sites (tertiary alicyclic amines) is 1.